The Balaban J connectivity index is 1.84. The highest BCUT2D eigenvalue weighted by Crippen LogP contribution is 2.23. The molecule has 7 heteroatoms. The highest BCUT2D eigenvalue weighted by molar-refractivity contribution is 7.09. The number of methoxy groups -OCH3 is 1. The zero-order chi connectivity index (χ0) is 18.5. The summed E-state index contributed by atoms with van der Waals surface area (Å²) in [6.07, 6.45) is 2.62. The summed E-state index contributed by atoms with van der Waals surface area (Å²) in [5.74, 6) is 1.52. The molecule has 0 saturated carbocycles. The molecular weight excluding hydrogens is 346 g/mol. The quantitative estimate of drug-likeness (QED) is 0.629. The molecule has 0 saturated heterocycles. The fraction of sp³-hybridized carbons (Fsp3) is 0.368. The maximum atomic E-state index is 5.34. The molecular formula is C19H23N5OS. The van der Waals surface area contributed by atoms with Crippen LogP contribution in [0.2, 0.25) is 0 Å². The molecule has 3 aromatic rings. The molecule has 3 rings (SSSR count). The number of anilines is 1. The molecule has 0 aromatic carbocycles. The summed E-state index contributed by atoms with van der Waals surface area (Å²) in [5.41, 5.74) is 2.78. The van der Waals surface area contributed by atoms with Crippen LogP contribution in [0.25, 0.3) is 11.5 Å². The van der Waals surface area contributed by atoms with Crippen LogP contribution in [-0.2, 0) is 17.7 Å². The molecule has 0 bridgehead atoms. The Kier molecular flexibility index (Phi) is 5.90. The van der Waals surface area contributed by atoms with Crippen molar-refractivity contribution in [3.8, 4) is 11.5 Å². The first-order chi connectivity index (χ1) is 12.6. The van der Waals surface area contributed by atoms with E-state index in [-0.39, 0.29) is 6.10 Å². The van der Waals surface area contributed by atoms with E-state index in [1.54, 1.807) is 24.6 Å². The number of ether oxygens (including phenoxy) is 1. The molecule has 3 heterocycles. The molecule has 136 valence electrons. The lowest BCUT2D eigenvalue weighted by atomic mass is 10.2. The van der Waals surface area contributed by atoms with Crippen LogP contribution in [0, 0.1) is 0 Å². The SMILES string of the molecule is CCc1cc(N(C)Cc2csc([C@H](C)OC)n2)nc(-c2ccccn2)n1. The van der Waals surface area contributed by atoms with Crippen LogP contribution in [0.5, 0.6) is 0 Å². The van der Waals surface area contributed by atoms with E-state index < -0.39 is 0 Å². The summed E-state index contributed by atoms with van der Waals surface area (Å²) in [5, 5.41) is 3.06. The number of hydrogen-bond donors (Lipinski definition) is 0. The monoisotopic (exact) mass is 369 g/mol. The van der Waals surface area contributed by atoms with Gasteiger partial charge < -0.3 is 9.64 Å². The van der Waals surface area contributed by atoms with Crippen molar-refractivity contribution in [3.63, 3.8) is 0 Å². The lowest BCUT2D eigenvalue weighted by Gasteiger charge is -2.18. The molecule has 0 radical (unpaired) electrons. The van der Waals surface area contributed by atoms with Gasteiger partial charge in [0, 0.05) is 37.5 Å². The second-order valence-electron chi connectivity index (χ2n) is 6.02. The van der Waals surface area contributed by atoms with Crippen molar-refractivity contribution in [1.29, 1.82) is 0 Å². The van der Waals surface area contributed by atoms with E-state index in [1.165, 1.54) is 0 Å². The molecule has 0 N–H and O–H groups in total. The van der Waals surface area contributed by atoms with Gasteiger partial charge in [-0.3, -0.25) is 4.98 Å². The van der Waals surface area contributed by atoms with E-state index in [1.807, 2.05) is 38.2 Å². The molecule has 3 aromatic heterocycles. The first kappa shape index (κ1) is 18.4. The van der Waals surface area contributed by atoms with Crippen molar-refractivity contribution in [2.75, 3.05) is 19.1 Å². The highest BCUT2D eigenvalue weighted by atomic mass is 32.1. The summed E-state index contributed by atoms with van der Waals surface area (Å²) < 4.78 is 5.34. The minimum absolute atomic E-state index is 0.0144. The van der Waals surface area contributed by atoms with Crippen molar-refractivity contribution >= 4 is 17.2 Å². The average Bonchev–Trinajstić information content (AvgIpc) is 3.16. The van der Waals surface area contributed by atoms with E-state index in [2.05, 4.69) is 32.2 Å². The third-order valence-corrected chi connectivity index (χ3v) is 5.14. The zero-order valence-electron chi connectivity index (χ0n) is 15.5. The molecule has 6 nitrogen and oxygen atoms in total. The summed E-state index contributed by atoms with van der Waals surface area (Å²) in [7, 11) is 3.72. The predicted molar refractivity (Wildman–Crippen MR) is 104 cm³/mol. The van der Waals surface area contributed by atoms with Gasteiger partial charge in [0.25, 0.3) is 0 Å². The molecule has 0 aliphatic heterocycles. The summed E-state index contributed by atoms with van der Waals surface area (Å²) >= 11 is 1.62. The molecule has 0 fully saturated rings. The average molecular weight is 369 g/mol. The van der Waals surface area contributed by atoms with Gasteiger partial charge in [-0.15, -0.1) is 11.3 Å². The van der Waals surface area contributed by atoms with E-state index in [9.17, 15) is 0 Å². The number of aryl methyl sites for hydroxylation is 1. The Morgan fingerprint density at radius 2 is 2.04 bits per heavy atom. The van der Waals surface area contributed by atoms with Gasteiger partial charge in [-0.1, -0.05) is 13.0 Å². The standard InChI is InChI=1S/C19H23N5OS/c1-5-14-10-17(23-18(21-14)16-8-6-7-9-20-16)24(3)11-15-12-26-19(22-15)13(2)25-4/h6-10,12-13H,5,11H2,1-4H3/t13-/m0/s1. The fourth-order valence-corrected chi connectivity index (χ4v) is 3.32. The summed E-state index contributed by atoms with van der Waals surface area (Å²) in [4.78, 5) is 20.5. The first-order valence-corrected chi connectivity index (χ1v) is 9.46. The van der Waals surface area contributed by atoms with Gasteiger partial charge in [-0.05, 0) is 25.5 Å². The molecule has 0 unspecified atom stereocenters. The van der Waals surface area contributed by atoms with E-state index in [0.717, 1.165) is 34.3 Å². The highest BCUT2D eigenvalue weighted by Gasteiger charge is 2.14. The first-order valence-electron chi connectivity index (χ1n) is 8.58. The number of nitrogens with zero attached hydrogens (tertiary/aromatic N) is 5. The molecule has 0 spiro atoms. The number of aromatic nitrogens is 4. The van der Waals surface area contributed by atoms with Crippen LogP contribution in [0.1, 0.15) is 36.3 Å². The van der Waals surface area contributed by atoms with Crippen molar-refractivity contribution in [2.24, 2.45) is 0 Å². The van der Waals surface area contributed by atoms with Gasteiger partial charge in [-0.2, -0.15) is 0 Å². The van der Waals surface area contributed by atoms with Crippen LogP contribution < -0.4 is 4.90 Å². The Labute approximate surface area is 157 Å². The Morgan fingerprint density at radius 1 is 1.19 bits per heavy atom. The predicted octanol–water partition coefficient (Wildman–Crippen LogP) is 3.90. The maximum Gasteiger partial charge on any atom is 0.180 e. The van der Waals surface area contributed by atoms with Crippen LogP contribution in [0.3, 0.4) is 0 Å². The molecule has 1 atom stereocenters. The fourth-order valence-electron chi connectivity index (χ4n) is 2.48. The Morgan fingerprint density at radius 3 is 2.73 bits per heavy atom. The van der Waals surface area contributed by atoms with Crippen molar-refractivity contribution in [3.05, 3.63) is 52.2 Å². The summed E-state index contributed by atoms with van der Waals surface area (Å²) in [6.45, 7) is 4.77. The smallest absolute Gasteiger partial charge is 0.180 e. The largest absolute Gasteiger partial charge is 0.375 e. The second-order valence-corrected chi connectivity index (χ2v) is 6.91. The number of rotatable bonds is 7. The van der Waals surface area contributed by atoms with Crippen LogP contribution in [0.4, 0.5) is 5.82 Å². The van der Waals surface area contributed by atoms with Crippen molar-refractivity contribution < 1.29 is 4.74 Å². The summed E-state index contributed by atoms with van der Waals surface area (Å²) in [6, 6.07) is 7.79. The third kappa shape index (κ3) is 4.23. The van der Waals surface area contributed by atoms with Crippen molar-refractivity contribution in [1.82, 2.24) is 19.9 Å². The van der Waals surface area contributed by atoms with E-state index in [0.29, 0.717) is 12.4 Å². The van der Waals surface area contributed by atoms with Gasteiger partial charge in [-0.25, -0.2) is 15.0 Å². The molecule has 0 amide bonds. The molecule has 0 aliphatic rings. The lowest BCUT2D eigenvalue weighted by Crippen LogP contribution is -2.19. The molecule has 0 aliphatic carbocycles. The lowest BCUT2D eigenvalue weighted by molar-refractivity contribution is 0.119. The van der Waals surface area contributed by atoms with Gasteiger partial charge in [0.15, 0.2) is 5.82 Å². The Bertz CT molecular complexity index is 852. The second kappa shape index (κ2) is 8.33. The maximum absolute atomic E-state index is 5.34. The van der Waals surface area contributed by atoms with E-state index >= 15 is 0 Å². The van der Waals surface area contributed by atoms with Crippen LogP contribution in [-0.4, -0.2) is 34.1 Å². The van der Waals surface area contributed by atoms with Crippen LogP contribution >= 0.6 is 11.3 Å². The third-order valence-electron chi connectivity index (χ3n) is 4.08. The van der Waals surface area contributed by atoms with Gasteiger partial charge in [0.2, 0.25) is 0 Å². The van der Waals surface area contributed by atoms with Gasteiger partial charge in [0.1, 0.15) is 22.6 Å². The van der Waals surface area contributed by atoms with E-state index in [4.69, 9.17) is 9.72 Å². The number of pyridine rings is 1. The topological polar surface area (TPSA) is 64.0 Å². The normalized spacial score (nSPS) is 12.2. The number of thiazole rings is 1. The number of hydrogen-bond acceptors (Lipinski definition) is 7. The zero-order valence-corrected chi connectivity index (χ0v) is 16.3. The Hall–Kier alpha value is -2.38. The van der Waals surface area contributed by atoms with Crippen molar-refractivity contribution in [2.45, 2.75) is 32.9 Å². The molecule has 26 heavy (non-hydrogen) atoms. The van der Waals surface area contributed by atoms with Gasteiger partial charge in [0.05, 0.1) is 12.2 Å². The van der Waals surface area contributed by atoms with Crippen LogP contribution in [0.15, 0.2) is 35.8 Å². The minimum atomic E-state index is 0.0144. The minimum Gasteiger partial charge on any atom is -0.375 e. The van der Waals surface area contributed by atoms with Gasteiger partial charge >= 0.3 is 0 Å².